The van der Waals surface area contributed by atoms with Crippen LogP contribution < -0.4 is 5.32 Å². The van der Waals surface area contributed by atoms with E-state index in [0.29, 0.717) is 17.0 Å². The van der Waals surface area contributed by atoms with Crippen molar-refractivity contribution in [1.29, 1.82) is 0 Å². The number of hydrogen-bond donors (Lipinski definition) is 1. The van der Waals surface area contributed by atoms with E-state index in [1.165, 1.54) is 18.5 Å². The zero-order valence-electron chi connectivity index (χ0n) is 14.8. The average molecular weight is 373 g/mol. The van der Waals surface area contributed by atoms with Crippen LogP contribution in [0, 0.1) is 5.82 Å². The molecule has 4 aromatic rings. The number of nitrogens with one attached hydrogen (secondary N) is 1. The van der Waals surface area contributed by atoms with Gasteiger partial charge in [-0.05, 0) is 54.6 Å². The molecule has 7 heteroatoms. The Bertz CT molecular complexity index is 1090. The maximum absolute atomic E-state index is 13.1. The normalized spacial score (nSPS) is 10.6. The fraction of sp³-hybridized carbons (Fsp3) is 0.0476. The smallest absolute Gasteiger partial charge is 0.251 e. The van der Waals surface area contributed by atoms with Crippen LogP contribution in [-0.4, -0.2) is 25.7 Å². The third-order valence-electron chi connectivity index (χ3n) is 4.17. The van der Waals surface area contributed by atoms with Gasteiger partial charge in [-0.15, -0.1) is 0 Å². The molecule has 28 heavy (non-hydrogen) atoms. The standard InChI is InChI=1S/C21H16FN5O/c22-17-7-5-15(6-8-17)20-12-18(24-14-25-20)13-23-21(28)16-3-1-4-19(11-16)27-10-2-9-26-27/h1-12,14H,13H2,(H,23,28). The molecule has 0 radical (unpaired) electrons. The van der Waals surface area contributed by atoms with Crippen molar-refractivity contribution in [2.45, 2.75) is 6.54 Å². The Morgan fingerprint density at radius 3 is 2.68 bits per heavy atom. The minimum absolute atomic E-state index is 0.212. The van der Waals surface area contributed by atoms with E-state index in [2.05, 4.69) is 20.4 Å². The molecule has 2 aromatic heterocycles. The second-order valence-corrected chi connectivity index (χ2v) is 6.09. The van der Waals surface area contributed by atoms with Crippen LogP contribution >= 0.6 is 0 Å². The zero-order valence-corrected chi connectivity index (χ0v) is 14.8. The van der Waals surface area contributed by atoms with Gasteiger partial charge in [-0.1, -0.05) is 6.07 Å². The highest BCUT2D eigenvalue weighted by atomic mass is 19.1. The Morgan fingerprint density at radius 2 is 1.89 bits per heavy atom. The van der Waals surface area contributed by atoms with Crippen LogP contribution in [0.1, 0.15) is 16.1 Å². The summed E-state index contributed by atoms with van der Waals surface area (Å²) in [6.07, 6.45) is 4.92. The zero-order chi connectivity index (χ0) is 19.3. The number of rotatable bonds is 5. The lowest BCUT2D eigenvalue weighted by molar-refractivity contribution is 0.0950. The quantitative estimate of drug-likeness (QED) is 0.582. The molecule has 138 valence electrons. The third-order valence-corrected chi connectivity index (χ3v) is 4.17. The SMILES string of the molecule is O=C(NCc1cc(-c2ccc(F)cc2)ncn1)c1cccc(-n2cccn2)c1. The molecule has 4 rings (SSSR count). The van der Waals surface area contributed by atoms with Crippen LogP contribution in [0.4, 0.5) is 4.39 Å². The maximum atomic E-state index is 13.1. The van der Waals surface area contributed by atoms with Gasteiger partial charge in [-0.2, -0.15) is 5.10 Å². The number of aromatic nitrogens is 4. The molecule has 1 amide bonds. The number of carbonyl (C=O) groups excluding carboxylic acids is 1. The Hall–Kier alpha value is -3.87. The predicted molar refractivity (Wildman–Crippen MR) is 102 cm³/mol. The fourth-order valence-electron chi connectivity index (χ4n) is 2.76. The molecule has 0 spiro atoms. The Morgan fingerprint density at radius 1 is 1.04 bits per heavy atom. The van der Waals surface area contributed by atoms with E-state index >= 15 is 0 Å². The highest BCUT2D eigenvalue weighted by molar-refractivity contribution is 5.94. The largest absolute Gasteiger partial charge is 0.346 e. The summed E-state index contributed by atoms with van der Waals surface area (Å²) < 4.78 is 14.8. The summed E-state index contributed by atoms with van der Waals surface area (Å²) in [5.41, 5.74) is 3.44. The van der Waals surface area contributed by atoms with Crippen molar-refractivity contribution in [1.82, 2.24) is 25.1 Å². The number of benzene rings is 2. The molecule has 0 aliphatic carbocycles. The molecular weight excluding hydrogens is 357 g/mol. The highest BCUT2D eigenvalue weighted by Gasteiger charge is 2.09. The minimum atomic E-state index is -0.303. The topological polar surface area (TPSA) is 72.7 Å². The van der Waals surface area contributed by atoms with Crippen molar-refractivity contribution in [2.75, 3.05) is 0 Å². The van der Waals surface area contributed by atoms with Crippen molar-refractivity contribution < 1.29 is 9.18 Å². The van der Waals surface area contributed by atoms with E-state index in [1.54, 1.807) is 41.2 Å². The summed E-state index contributed by atoms with van der Waals surface area (Å²) in [5.74, 6) is -0.515. The summed E-state index contributed by atoms with van der Waals surface area (Å²) >= 11 is 0. The second kappa shape index (κ2) is 7.79. The van der Waals surface area contributed by atoms with Crippen LogP contribution in [0.5, 0.6) is 0 Å². The van der Waals surface area contributed by atoms with Crippen LogP contribution in [0.2, 0.25) is 0 Å². The van der Waals surface area contributed by atoms with Crippen molar-refractivity contribution >= 4 is 5.91 Å². The predicted octanol–water partition coefficient (Wildman–Crippen LogP) is 3.40. The lowest BCUT2D eigenvalue weighted by atomic mass is 10.1. The molecule has 2 aromatic carbocycles. The molecular formula is C21H16FN5O. The average Bonchev–Trinajstić information content (AvgIpc) is 3.28. The lowest BCUT2D eigenvalue weighted by Crippen LogP contribution is -2.23. The number of carbonyl (C=O) groups is 1. The molecule has 0 unspecified atom stereocenters. The highest BCUT2D eigenvalue weighted by Crippen LogP contribution is 2.17. The first-order valence-electron chi connectivity index (χ1n) is 8.64. The fourth-order valence-corrected chi connectivity index (χ4v) is 2.76. The molecule has 2 heterocycles. The van der Waals surface area contributed by atoms with E-state index in [0.717, 1.165) is 11.3 Å². The van der Waals surface area contributed by atoms with Crippen LogP contribution in [0.3, 0.4) is 0 Å². The van der Waals surface area contributed by atoms with E-state index in [-0.39, 0.29) is 18.3 Å². The van der Waals surface area contributed by atoms with Crippen LogP contribution in [0.15, 0.2) is 79.4 Å². The van der Waals surface area contributed by atoms with Gasteiger partial charge in [0.15, 0.2) is 0 Å². The molecule has 0 aliphatic rings. The third kappa shape index (κ3) is 3.93. The van der Waals surface area contributed by atoms with Crippen LogP contribution in [0.25, 0.3) is 16.9 Å². The first-order valence-corrected chi connectivity index (χ1v) is 8.64. The summed E-state index contributed by atoms with van der Waals surface area (Å²) in [5, 5.41) is 7.03. The summed E-state index contributed by atoms with van der Waals surface area (Å²) in [6, 6.07) is 16.9. The first-order chi connectivity index (χ1) is 13.7. The number of nitrogens with zero attached hydrogens (tertiary/aromatic N) is 4. The Labute approximate surface area is 160 Å². The molecule has 0 atom stereocenters. The van der Waals surface area contributed by atoms with Crippen LogP contribution in [-0.2, 0) is 6.54 Å². The number of halogens is 1. The summed E-state index contributed by atoms with van der Waals surface area (Å²) in [7, 11) is 0. The van der Waals surface area contributed by atoms with E-state index in [1.807, 2.05) is 24.4 Å². The van der Waals surface area contributed by atoms with Gasteiger partial charge in [0, 0.05) is 23.5 Å². The summed E-state index contributed by atoms with van der Waals surface area (Å²) in [6.45, 7) is 0.252. The van der Waals surface area contributed by atoms with Gasteiger partial charge >= 0.3 is 0 Å². The van der Waals surface area contributed by atoms with Gasteiger partial charge in [0.05, 0.1) is 23.6 Å². The van der Waals surface area contributed by atoms with E-state index in [9.17, 15) is 9.18 Å². The molecule has 0 saturated carbocycles. The molecule has 0 saturated heterocycles. The van der Waals surface area contributed by atoms with Gasteiger partial charge in [-0.3, -0.25) is 4.79 Å². The van der Waals surface area contributed by atoms with Crippen molar-refractivity contribution in [3.63, 3.8) is 0 Å². The van der Waals surface area contributed by atoms with Crippen molar-refractivity contribution in [3.05, 3.63) is 96.5 Å². The molecule has 1 N–H and O–H groups in total. The minimum Gasteiger partial charge on any atom is -0.346 e. The summed E-state index contributed by atoms with van der Waals surface area (Å²) in [4.78, 5) is 20.9. The molecule has 6 nitrogen and oxygen atoms in total. The van der Waals surface area contributed by atoms with Gasteiger partial charge in [-0.25, -0.2) is 19.0 Å². The Kier molecular flexibility index (Phi) is 4.88. The lowest BCUT2D eigenvalue weighted by Gasteiger charge is -2.08. The van der Waals surface area contributed by atoms with Crippen molar-refractivity contribution in [2.24, 2.45) is 0 Å². The second-order valence-electron chi connectivity index (χ2n) is 6.09. The number of hydrogen-bond acceptors (Lipinski definition) is 4. The van der Waals surface area contributed by atoms with Crippen molar-refractivity contribution in [3.8, 4) is 16.9 Å². The van der Waals surface area contributed by atoms with Gasteiger partial charge < -0.3 is 5.32 Å². The van der Waals surface area contributed by atoms with Gasteiger partial charge in [0.2, 0.25) is 0 Å². The molecule has 0 bridgehead atoms. The molecule has 0 fully saturated rings. The van der Waals surface area contributed by atoms with Gasteiger partial charge in [0.25, 0.3) is 5.91 Å². The monoisotopic (exact) mass is 373 g/mol. The van der Waals surface area contributed by atoms with Gasteiger partial charge in [0.1, 0.15) is 12.1 Å². The first kappa shape index (κ1) is 17.5. The number of amides is 1. The van der Waals surface area contributed by atoms with E-state index in [4.69, 9.17) is 0 Å². The molecule has 0 aliphatic heterocycles. The Balaban J connectivity index is 1.46. The maximum Gasteiger partial charge on any atom is 0.251 e. The van der Waals surface area contributed by atoms with E-state index < -0.39 is 0 Å².